The van der Waals surface area contributed by atoms with Crippen molar-refractivity contribution in [3.05, 3.63) is 47.3 Å². The summed E-state index contributed by atoms with van der Waals surface area (Å²) in [6.45, 7) is 4.98. The summed E-state index contributed by atoms with van der Waals surface area (Å²) in [5.74, 6) is 0.371. The van der Waals surface area contributed by atoms with Crippen LogP contribution >= 0.6 is 11.3 Å². The Balaban J connectivity index is 2.01. The predicted octanol–water partition coefficient (Wildman–Crippen LogP) is 4.52. The summed E-state index contributed by atoms with van der Waals surface area (Å²) in [6.07, 6.45) is 4.50. The Hall–Kier alpha value is -1.86. The first-order valence-electron chi connectivity index (χ1n) is 9.30. The van der Waals surface area contributed by atoms with E-state index in [4.69, 9.17) is 0 Å². The zero-order chi connectivity index (χ0) is 19.9. The minimum atomic E-state index is -3.56. The van der Waals surface area contributed by atoms with Gasteiger partial charge in [-0.05, 0) is 48.1 Å². The number of rotatable bonds is 10. The molecule has 1 N–H and O–H groups in total. The van der Waals surface area contributed by atoms with E-state index in [1.165, 1.54) is 29.1 Å². The Bertz CT molecular complexity index is 815. The molecule has 1 amide bonds. The lowest BCUT2D eigenvalue weighted by molar-refractivity contribution is 0.0946. The minimum Gasteiger partial charge on any atom is -0.352 e. The van der Waals surface area contributed by atoms with Crippen molar-refractivity contribution in [1.29, 1.82) is 0 Å². The standard InChI is InChI=1S/C20H28N2O3S2/c1-4-6-8-16(5-2)15-21-20(23)17-10-12-18(13-11-17)22(3)27(24,25)19-9-7-14-26-19/h7,9-14,16H,4-6,8,15H2,1-3H3,(H,21,23)/t16-/m1/s1. The molecule has 0 unspecified atom stereocenters. The van der Waals surface area contributed by atoms with Gasteiger partial charge < -0.3 is 5.32 Å². The predicted molar refractivity (Wildman–Crippen MR) is 112 cm³/mol. The largest absolute Gasteiger partial charge is 0.352 e. The Morgan fingerprint density at radius 2 is 1.89 bits per heavy atom. The second-order valence-corrected chi connectivity index (χ2v) is 9.72. The Morgan fingerprint density at radius 3 is 2.44 bits per heavy atom. The molecule has 7 heteroatoms. The lowest BCUT2D eigenvalue weighted by Crippen LogP contribution is -2.29. The van der Waals surface area contributed by atoms with Crippen LogP contribution in [0.2, 0.25) is 0 Å². The molecule has 27 heavy (non-hydrogen) atoms. The van der Waals surface area contributed by atoms with Crippen molar-refractivity contribution in [2.75, 3.05) is 17.9 Å². The molecule has 1 aromatic heterocycles. The van der Waals surface area contributed by atoms with Crippen LogP contribution in [0, 0.1) is 5.92 Å². The third-order valence-electron chi connectivity index (χ3n) is 4.70. The van der Waals surface area contributed by atoms with Gasteiger partial charge in [0.25, 0.3) is 15.9 Å². The number of nitrogens with zero attached hydrogens (tertiary/aromatic N) is 1. The monoisotopic (exact) mass is 408 g/mol. The van der Waals surface area contributed by atoms with Crippen LogP contribution < -0.4 is 9.62 Å². The van der Waals surface area contributed by atoms with Gasteiger partial charge >= 0.3 is 0 Å². The highest BCUT2D eigenvalue weighted by molar-refractivity contribution is 7.94. The van der Waals surface area contributed by atoms with E-state index in [1.54, 1.807) is 41.8 Å². The van der Waals surface area contributed by atoms with Gasteiger partial charge in [-0.2, -0.15) is 0 Å². The number of sulfonamides is 1. The van der Waals surface area contributed by atoms with Crippen LogP contribution in [0.1, 0.15) is 49.9 Å². The average Bonchev–Trinajstić information content (AvgIpc) is 3.23. The molecule has 0 aliphatic rings. The van der Waals surface area contributed by atoms with Gasteiger partial charge in [-0.15, -0.1) is 11.3 Å². The van der Waals surface area contributed by atoms with E-state index in [0.29, 0.717) is 27.9 Å². The van der Waals surface area contributed by atoms with Crippen molar-refractivity contribution in [1.82, 2.24) is 5.32 Å². The SMILES string of the molecule is CCCC[C@@H](CC)CNC(=O)c1ccc(N(C)S(=O)(=O)c2cccs2)cc1. The zero-order valence-corrected chi connectivity index (χ0v) is 17.8. The van der Waals surface area contributed by atoms with Crippen LogP contribution in [-0.2, 0) is 10.0 Å². The number of amides is 1. The topological polar surface area (TPSA) is 66.5 Å². The zero-order valence-electron chi connectivity index (χ0n) is 16.1. The number of hydrogen-bond donors (Lipinski definition) is 1. The smallest absolute Gasteiger partial charge is 0.273 e. The van der Waals surface area contributed by atoms with Crippen LogP contribution in [0.5, 0.6) is 0 Å². The van der Waals surface area contributed by atoms with Gasteiger partial charge in [0.1, 0.15) is 4.21 Å². The Kier molecular flexibility index (Phi) is 7.86. The van der Waals surface area contributed by atoms with Crippen LogP contribution in [0.25, 0.3) is 0 Å². The maximum absolute atomic E-state index is 12.6. The van der Waals surface area contributed by atoms with Gasteiger partial charge in [-0.1, -0.05) is 39.2 Å². The summed E-state index contributed by atoms with van der Waals surface area (Å²) < 4.78 is 26.7. The molecule has 0 radical (unpaired) electrons. The molecule has 1 heterocycles. The van der Waals surface area contributed by atoms with E-state index in [-0.39, 0.29) is 5.91 Å². The van der Waals surface area contributed by atoms with Crippen molar-refractivity contribution in [2.24, 2.45) is 5.92 Å². The Morgan fingerprint density at radius 1 is 1.19 bits per heavy atom. The maximum Gasteiger partial charge on any atom is 0.273 e. The minimum absolute atomic E-state index is 0.125. The van der Waals surface area contributed by atoms with Crippen molar-refractivity contribution in [3.8, 4) is 0 Å². The summed E-state index contributed by atoms with van der Waals surface area (Å²) in [5, 5.41) is 4.73. The van der Waals surface area contributed by atoms with E-state index >= 15 is 0 Å². The van der Waals surface area contributed by atoms with Crippen molar-refractivity contribution >= 4 is 33.0 Å². The fraction of sp³-hybridized carbons (Fsp3) is 0.450. The molecule has 0 aliphatic carbocycles. The molecule has 1 aromatic carbocycles. The number of nitrogens with one attached hydrogen (secondary N) is 1. The van der Waals surface area contributed by atoms with Gasteiger partial charge in [0, 0.05) is 19.2 Å². The second-order valence-electron chi connectivity index (χ2n) is 6.58. The first-order chi connectivity index (χ1) is 12.9. The van der Waals surface area contributed by atoms with Crippen molar-refractivity contribution in [2.45, 2.75) is 43.7 Å². The molecular weight excluding hydrogens is 380 g/mol. The fourth-order valence-electron chi connectivity index (χ4n) is 2.79. The number of carbonyl (C=O) groups excluding carboxylic acids is 1. The van der Waals surface area contributed by atoms with E-state index in [2.05, 4.69) is 19.2 Å². The molecule has 0 saturated heterocycles. The van der Waals surface area contributed by atoms with Gasteiger partial charge in [0.2, 0.25) is 0 Å². The maximum atomic E-state index is 12.6. The molecule has 0 fully saturated rings. The third-order valence-corrected chi connectivity index (χ3v) is 7.86. The van der Waals surface area contributed by atoms with E-state index < -0.39 is 10.0 Å². The highest BCUT2D eigenvalue weighted by Gasteiger charge is 2.22. The second kappa shape index (κ2) is 9.90. The number of anilines is 1. The molecule has 0 saturated carbocycles. The Labute approximate surface area is 166 Å². The van der Waals surface area contributed by atoms with E-state index in [0.717, 1.165) is 19.3 Å². The lowest BCUT2D eigenvalue weighted by Gasteiger charge is -2.19. The molecule has 2 aromatic rings. The summed E-state index contributed by atoms with van der Waals surface area (Å²) >= 11 is 1.18. The molecule has 148 valence electrons. The number of carbonyl (C=O) groups is 1. The van der Waals surface area contributed by atoms with Gasteiger partial charge in [0.15, 0.2) is 0 Å². The molecule has 1 atom stereocenters. The lowest BCUT2D eigenvalue weighted by atomic mass is 9.99. The van der Waals surface area contributed by atoms with Crippen LogP contribution in [0.15, 0.2) is 46.0 Å². The van der Waals surface area contributed by atoms with Gasteiger partial charge in [-0.25, -0.2) is 8.42 Å². The number of thiophene rings is 1. The molecule has 0 bridgehead atoms. The van der Waals surface area contributed by atoms with Crippen molar-refractivity contribution in [3.63, 3.8) is 0 Å². The number of unbranched alkanes of at least 4 members (excludes halogenated alkanes) is 1. The summed E-state index contributed by atoms with van der Waals surface area (Å²) in [7, 11) is -2.05. The molecule has 5 nitrogen and oxygen atoms in total. The quantitative estimate of drug-likeness (QED) is 0.628. The first kappa shape index (κ1) is 21.4. The molecular formula is C20H28N2O3S2. The van der Waals surface area contributed by atoms with Gasteiger partial charge in [0.05, 0.1) is 5.69 Å². The summed E-state index contributed by atoms with van der Waals surface area (Å²) in [4.78, 5) is 12.4. The normalized spacial score (nSPS) is 12.6. The third kappa shape index (κ3) is 5.56. The first-order valence-corrected chi connectivity index (χ1v) is 11.6. The summed E-state index contributed by atoms with van der Waals surface area (Å²) in [5.41, 5.74) is 1.06. The fourth-order valence-corrected chi connectivity index (χ4v) is 5.15. The molecule has 2 rings (SSSR count). The van der Waals surface area contributed by atoms with Crippen LogP contribution in [-0.4, -0.2) is 27.9 Å². The van der Waals surface area contributed by atoms with Crippen LogP contribution in [0.3, 0.4) is 0 Å². The summed E-state index contributed by atoms with van der Waals surface area (Å²) in [6, 6.07) is 9.95. The van der Waals surface area contributed by atoms with Crippen molar-refractivity contribution < 1.29 is 13.2 Å². The number of hydrogen-bond acceptors (Lipinski definition) is 4. The molecule has 0 aliphatic heterocycles. The van der Waals surface area contributed by atoms with Gasteiger partial charge in [-0.3, -0.25) is 9.10 Å². The van der Waals surface area contributed by atoms with E-state index in [1.807, 2.05) is 0 Å². The average molecular weight is 409 g/mol. The molecule has 0 spiro atoms. The number of benzene rings is 1. The van der Waals surface area contributed by atoms with Crippen LogP contribution in [0.4, 0.5) is 5.69 Å². The highest BCUT2D eigenvalue weighted by Crippen LogP contribution is 2.25. The van der Waals surface area contributed by atoms with E-state index in [9.17, 15) is 13.2 Å². The highest BCUT2D eigenvalue weighted by atomic mass is 32.2.